The van der Waals surface area contributed by atoms with Crippen LogP contribution in [0.4, 0.5) is 0 Å². The first kappa shape index (κ1) is 23.6. The van der Waals surface area contributed by atoms with E-state index >= 15 is 0 Å². The monoisotopic (exact) mass is 464 g/mol. The van der Waals surface area contributed by atoms with Crippen molar-refractivity contribution in [3.63, 3.8) is 0 Å². The Bertz CT molecular complexity index is 1130. The number of amidine groups is 1. The molecule has 2 unspecified atom stereocenters. The molecule has 3 aromatic rings. The van der Waals surface area contributed by atoms with Crippen molar-refractivity contribution in [2.24, 2.45) is 4.99 Å². The molecule has 1 aliphatic rings. The molecule has 0 radical (unpaired) electrons. The van der Waals surface area contributed by atoms with E-state index in [0.717, 1.165) is 11.1 Å². The minimum Gasteiger partial charge on any atom is -1.00 e. The fraction of sp³-hybridized carbons (Fsp3) is 0.130. The predicted molar refractivity (Wildman–Crippen MR) is 119 cm³/mol. The number of benzene rings is 3. The summed E-state index contributed by atoms with van der Waals surface area (Å²) < 4.78 is 5.46. The summed E-state index contributed by atoms with van der Waals surface area (Å²) in [5, 5.41) is 14.1. The summed E-state index contributed by atoms with van der Waals surface area (Å²) >= 11 is 12.1. The Morgan fingerprint density at radius 3 is 2.13 bits per heavy atom. The second-order valence-corrected chi connectivity index (χ2v) is 7.74. The zero-order valence-corrected chi connectivity index (χ0v) is 20.5. The largest absolute Gasteiger partial charge is 1.00 e. The summed E-state index contributed by atoms with van der Waals surface area (Å²) in [6.07, 6.45) is 0. The van der Waals surface area contributed by atoms with Gasteiger partial charge in [-0.15, -0.1) is 0 Å². The van der Waals surface area contributed by atoms with E-state index in [-0.39, 0.29) is 48.6 Å². The summed E-state index contributed by atoms with van der Waals surface area (Å²) in [5.41, 5.74) is 2.74. The van der Waals surface area contributed by atoms with Gasteiger partial charge in [0, 0.05) is 10.0 Å². The standard InChI is InChI=1S/C23H18Cl2N2O3.Na.H/c1-30-19-11-6-15(23(28)29)12-18(19)22-26-20(13-2-7-16(24)8-3-13)21(27-22)14-4-9-17(25)10-5-14;;/h2-12,20-21H,1H3,(H,26,27)(H,28,29);;/q;+1;-1. The van der Waals surface area contributed by atoms with Crippen LogP contribution in [0.25, 0.3) is 0 Å². The molecule has 0 saturated carbocycles. The predicted octanol–water partition coefficient (Wildman–Crippen LogP) is 2.65. The molecule has 0 saturated heterocycles. The normalized spacial score (nSPS) is 17.3. The molecular weight excluding hydrogens is 446 g/mol. The van der Waals surface area contributed by atoms with E-state index in [1.54, 1.807) is 19.2 Å². The number of nitrogens with zero attached hydrogens (tertiary/aromatic N) is 1. The number of carboxylic acids is 1. The van der Waals surface area contributed by atoms with Gasteiger partial charge >= 0.3 is 35.5 Å². The van der Waals surface area contributed by atoms with Crippen molar-refractivity contribution in [3.05, 3.63) is 99.0 Å². The van der Waals surface area contributed by atoms with Gasteiger partial charge in [0.1, 0.15) is 17.6 Å². The smallest absolute Gasteiger partial charge is 1.00 e. The van der Waals surface area contributed by atoms with E-state index in [2.05, 4.69) is 5.32 Å². The number of carbonyl (C=O) groups is 1. The number of nitrogens with one attached hydrogen (secondary N) is 1. The summed E-state index contributed by atoms with van der Waals surface area (Å²) in [4.78, 5) is 16.4. The Balaban J connectivity index is 0.00000181. The zero-order valence-electron chi connectivity index (χ0n) is 18.0. The Morgan fingerprint density at radius 1 is 1.00 bits per heavy atom. The van der Waals surface area contributed by atoms with Crippen molar-refractivity contribution in [1.82, 2.24) is 5.32 Å². The molecule has 0 aromatic heterocycles. The average Bonchev–Trinajstić information content (AvgIpc) is 3.19. The summed E-state index contributed by atoms with van der Waals surface area (Å²) in [6, 6.07) is 19.4. The third kappa shape index (κ3) is 5.08. The van der Waals surface area contributed by atoms with Gasteiger partial charge in [-0.2, -0.15) is 0 Å². The molecule has 154 valence electrons. The van der Waals surface area contributed by atoms with Gasteiger partial charge < -0.3 is 16.6 Å². The van der Waals surface area contributed by atoms with Crippen molar-refractivity contribution in [3.8, 4) is 5.75 Å². The van der Waals surface area contributed by atoms with Crippen LogP contribution in [0.2, 0.25) is 10.0 Å². The molecule has 1 heterocycles. The molecule has 4 rings (SSSR count). The van der Waals surface area contributed by atoms with Crippen molar-refractivity contribution in [2.75, 3.05) is 7.11 Å². The first-order valence-electron chi connectivity index (χ1n) is 9.23. The Labute approximate surface area is 213 Å². The van der Waals surface area contributed by atoms with Crippen molar-refractivity contribution < 1.29 is 45.6 Å². The fourth-order valence-electron chi connectivity index (χ4n) is 3.51. The number of aromatic carboxylic acids is 1. The minimum absolute atomic E-state index is 0. The van der Waals surface area contributed by atoms with Crippen molar-refractivity contribution in [2.45, 2.75) is 12.1 Å². The second-order valence-electron chi connectivity index (χ2n) is 6.87. The number of ether oxygens (including phenoxy) is 1. The van der Waals surface area contributed by atoms with Gasteiger partial charge in [0.25, 0.3) is 0 Å². The van der Waals surface area contributed by atoms with E-state index in [1.807, 2.05) is 48.5 Å². The number of methoxy groups -OCH3 is 1. The van der Waals surface area contributed by atoms with E-state index in [4.69, 9.17) is 32.9 Å². The van der Waals surface area contributed by atoms with Crippen LogP contribution in [0.3, 0.4) is 0 Å². The number of aliphatic imine (C=N–C) groups is 1. The maximum Gasteiger partial charge on any atom is 1.00 e. The second kappa shape index (κ2) is 10.1. The summed E-state index contributed by atoms with van der Waals surface area (Å²) in [6.45, 7) is 0. The van der Waals surface area contributed by atoms with Crippen LogP contribution in [-0.2, 0) is 0 Å². The first-order valence-corrected chi connectivity index (χ1v) is 9.99. The van der Waals surface area contributed by atoms with E-state index < -0.39 is 5.97 Å². The topological polar surface area (TPSA) is 70.9 Å². The average molecular weight is 465 g/mol. The summed E-state index contributed by atoms with van der Waals surface area (Å²) in [7, 11) is 1.54. The minimum atomic E-state index is -1.01. The van der Waals surface area contributed by atoms with Crippen LogP contribution in [0.1, 0.15) is 40.6 Å². The van der Waals surface area contributed by atoms with Gasteiger partial charge in [-0.1, -0.05) is 47.5 Å². The molecule has 0 amide bonds. The number of carboxylic acid groups (broad SMARTS) is 1. The molecule has 31 heavy (non-hydrogen) atoms. The molecule has 0 spiro atoms. The van der Waals surface area contributed by atoms with Gasteiger partial charge in [0.2, 0.25) is 0 Å². The van der Waals surface area contributed by atoms with Crippen LogP contribution in [0.15, 0.2) is 71.7 Å². The van der Waals surface area contributed by atoms with Gasteiger partial charge in [-0.05, 0) is 53.6 Å². The third-order valence-electron chi connectivity index (χ3n) is 5.02. The summed E-state index contributed by atoms with van der Waals surface area (Å²) in [5.74, 6) is 0.0914. The molecule has 0 fully saturated rings. The van der Waals surface area contributed by atoms with Gasteiger partial charge in [-0.3, -0.25) is 4.99 Å². The fourth-order valence-corrected chi connectivity index (χ4v) is 3.77. The van der Waals surface area contributed by atoms with E-state index in [9.17, 15) is 9.90 Å². The third-order valence-corrected chi connectivity index (χ3v) is 5.52. The molecule has 5 nitrogen and oxygen atoms in total. The molecule has 1 aliphatic heterocycles. The van der Waals surface area contributed by atoms with Crippen molar-refractivity contribution >= 4 is 35.0 Å². The molecule has 8 heteroatoms. The number of rotatable bonds is 5. The molecule has 3 aromatic carbocycles. The van der Waals surface area contributed by atoms with E-state index in [0.29, 0.717) is 27.2 Å². The molecule has 0 bridgehead atoms. The number of hydrogen-bond acceptors (Lipinski definition) is 4. The van der Waals surface area contributed by atoms with E-state index in [1.165, 1.54) is 6.07 Å². The van der Waals surface area contributed by atoms with Crippen LogP contribution < -0.4 is 39.6 Å². The van der Waals surface area contributed by atoms with Crippen LogP contribution in [-0.4, -0.2) is 24.0 Å². The zero-order chi connectivity index (χ0) is 21.3. The van der Waals surface area contributed by atoms with Gasteiger partial charge in [0.05, 0.1) is 24.3 Å². The Kier molecular flexibility index (Phi) is 7.68. The van der Waals surface area contributed by atoms with Crippen LogP contribution >= 0.6 is 23.2 Å². The molecular formula is C23H19Cl2N2NaO3. The molecule has 2 atom stereocenters. The van der Waals surface area contributed by atoms with Crippen LogP contribution in [0, 0.1) is 0 Å². The Morgan fingerprint density at radius 2 is 1.58 bits per heavy atom. The van der Waals surface area contributed by atoms with Crippen molar-refractivity contribution in [1.29, 1.82) is 0 Å². The SMILES string of the molecule is COc1ccc(C(=O)O)cc1C1=NC(c2ccc(Cl)cc2)C(c2ccc(Cl)cc2)N1.[H-].[Na+]. The number of halogens is 2. The Hall–Kier alpha value is -2.02. The maximum absolute atomic E-state index is 11.5. The number of hydrogen-bond donors (Lipinski definition) is 2. The van der Waals surface area contributed by atoms with Crippen LogP contribution in [0.5, 0.6) is 5.75 Å². The van der Waals surface area contributed by atoms with Gasteiger partial charge in [-0.25, -0.2) is 4.79 Å². The quantitative estimate of drug-likeness (QED) is 0.569. The first-order chi connectivity index (χ1) is 14.5. The molecule has 0 aliphatic carbocycles. The van der Waals surface area contributed by atoms with Gasteiger partial charge in [0.15, 0.2) is 0 Å². The molecule has 2 N–H and O–H groups in total. The maximum atomic E-state index is 11.5.